The molecule has 1 amide bonds. The van der Waals surface area contributed by atoms with Gasteiger partial charge in [-0.2, -0.15) is 0 Å². The SMILES string of the molecule is CN(Cc1ccccc1Cl)C(=O)C1NCc2ncncc21. The second-order valence-electron chi connectivity index (χ2n) is 5.02. The van der Waals surface area contributed by atoms with Gasteiger partial charge in [0.2, 0.25) is 5.91 Å². The van der Waals surface area contributed by atoms with Crippen molar-refractivity contribution in [3.8, 4) is 0 Å². The highest BCUT2D eigenvalue weighted by atomic mass is 35.5. The molecule has 0 saturated heterocycles. The molecule has 1 aliphatic rings. The van der Waals surface area contributed by atoms with Gasteiger partial charge in [0.15, 0.2) is 0 Å². The Kier molecular flexibility index (Phi) is 3.86. The molecule has 2 aromatic rings. The van der Waals surface area contributed by atoms with Crippen molar-refractivity contribution in [2.75, 3.05) is 7.05 Å². The minimum absolute atomic E-state index is 0.0107. The van der Waals surface area contributed by atoms with E-state index in [9.17, 15) is 4.79 Å². The summed E-state index contributed by atoms with van der Waals surface area (Å²) < 4.78 is 0. The second kappa shape index (κ2) is 5.79. The second-order valence-corrected chi connectivity index (χ2v) is 5.43. The molecule has 1 aromatic heterocycles. The molecular formula is C15H15ClN4O. The molecule has 0 radical (unpaired) electrons. The van der Waals surface area contributed by atoms with E-state index in [0.29, 0.717) is 18.1 Å². The van der Waals surface area contributed by atoms with Gasteiger partial charge in [-0.15, -0.1) is 0 Å². The molecule has 0 spiro atoms. The van der Waals surface area contributed by atoms with Gasteiger partial charge in [0.05, 0.1) is 5.69 Å². The number of nitrogens with zero attached hydrogens (tertiary/aromatic N) is 3. The molecule has 0 saturated carbocycles. The molecule has 3 rings (SSSR count). The van der Waals surface area contributed by atoms with E-state index in [1.54, 1.807) is 18.1 Å². The maximum absolute atomic E-state index is 12.6. The number of hydrogen-bond donors (Lipinski definition) is 1. The summed E-state index contributed by atoms with van der Waals surface area (Å²) in [4.78, 5) is 22.4. The monoisotopic (exact) mass is 302 g/mol. The number of hydrogen-bond acceptors (Lipinski definition) is 4. The van der Waals surface area contributed by atoms with Crippen LogP contribution >= 0.6 is 11.6 Å². The standard InChI is InChI=1S/C15H15ClN4O/c1-20(8-10-4-2-3-5-12(10)16)15(21)14-11-6-17-9-19-13(11)7-18-14/h2-6,9,14,18H,7-8H2,1H3. The maximum atomic E-state index is 12.6. The third-order valence-corrected chi connectivity index (χ3v) is 3.97. The quantitative estimate of drug-likeness (QED) is 0.941. The highest BCUT2D eigenvalue weighted by Crippen LogP contribution is 2.25. The number of rotatable bonds is 3. The van der Waals surface area contributed by atoms with Gasteiger partial charge >= 0.3 is 0 Å². The first-order valence-electron chi connectivity index (χ1n) is 6.67. The average molecular weight is 303 g/mol. The van der Waals surface area contributed by atoms with Crippen LogP contribution in [0.15, 0.2) is 36.8 Å². The van der Waals surface area contributed by atoms with E-state index in [0.717, 1.165) is 16.8 Å². The van der Waals surface area contributed by atoms with Crippen molar-refractivity contribution in [2.24, 2.45) is 0 Å². The summed E-state index contributed by atoms with van der Waals surface area (Å²) in [7, 11) is 1.77. The smallest absolute Gasteiger partial charge is 0.244 e. The third-order valence-electron chi connectivity index (χ3n) is 3.60. The molecule has 1 aromatic carbocycles. The number of aromatic nitrogens is 2. The normalized spacial score (nSPS) is 16.6. The van der Waals surface area contributed by atoms with Crippen molar-refractivity contribution in [2.45, 2.75) is 19.1 Å². The van der Waals surface area contributed by atoms with Crippen molar-refractivity contribution in [3.63, 3.8) is 0 Å². The fourth-order valence-electron chi connectivity index (χ4n) is 2.46. The number of benzene rings is 1. The number of amides is 1. The maximum Gasteiger partial charge on any atom is 0.244 e. The highest BCUT2D eigenvalue weighted by Gasteiger charge is 2.31. The van der Waals surface area contributed by atoms with Gasteiger partial charge in [0.25, 0.3) is 0 Å². The molecule has 6 heteroatoms. The van der Waals surface area contributed by atoms with Gasteiger partial charge < -0.3 is 4.90 Å². The molecule has 1 N–H and O–H groups in total. The predicted octanol–water partition coefficient (Wildman–Crippen LogP) is 1.93. The minimum atomic E-state index is -0.381. The molecule has 2 heterocycles. The van der Waals surface area contributed by atoms with Crippen LogP contribution in [0.4, 0.5) is 0 Å². The van der Waals surface area contributed by atoms with Gasteiger partial charge in [-0.1, -0.05) is 29.8 Å². The van der Waals surface area contributed by atoms with Crippen molar-refractivity contribution in [1.29, 1.82) is 0 Å². The van der Waals surface area contributed by atoms with Crippen LogP contribution in [0.25, 0.3) is 0 Å². The Hall–Kier alpha value is -1.98. The number of likely N-dealkylation sites (N-methyl/N-ethyl adjacent to an activating group) is 1. The summed E-state index contributed by atoms with van der Waals surface area (Å²) in [6, 6.07) is 7.15. The van der Waals surface area contributed by atoms with E-state index >= 15 is 0 Å². The van der Waals surface area contributed by atoms with Crippen LogP contribution in [0, 0.1) is 0 Å². The average Bonchev–Trinajstić information content (AvgIpc) is 2.92. The fourth-order valence-corrected chi connectivity index (χ4v) is 2.66. The van der Waals surface area contributed by atoms with Crippen molar-refractivity contribution >= 4 is 17.5 Å². The Morgan fingerprint density at radius 3 is 3.10 bits per heavy atom. The van der Waals surface area contributed by atoms with Crippen LogP contribution in [0.3, 0.4) is 0 Å². The summed E-state index contributed by atoms with van der Waals surface area (Å²) in [5.41, 5.74) is 2.67. The number of carbonyl (C=O) groups is 1. The number of fused-ring (bicyclic) bond motifs is 1. The Bertz CT molecular complexity index is 676. The molecule has 1 unspecified atom stereocenters. The van der Waals surface area contributed by atoms with Gasteiger partial charge in [-0.25, -0.2) is 9.97 Å². The van der Waals surface area contributed by atoms with Crippen LogP contribution in [-0.4, -0.2) is 27.8 Å². The Morgan fingerprint density at radius 1 is 1.48 bits per heavy atom. The van der Waals surface area contributed by atoms with Gasteiger partial charge in [-0.05, 0) is 11.6 Å². The molecule has 1 aliphatic heterocycles. The van der Waals surface area contributed by atoms with Crippen molar-refractivity contribution < 1.29 is 4.79 Å². The topological polar surface area (TPSA) is 58.1 Å². The lowest BCUT2D eigenvalue weighted by molar-refractivity contribution is -0.132. The molecule has 0 aliphatic carbocycles. The largest absolute Gasteiger partial charge is 0.340 e. The molecular weight excluding hydrogens is 288 g/mol. The van der Waals surface area contributed by atoms with Crippen LogP contribution < -0.4 is 5.32 Å². The molecule has 1 atom stereocenters. The molecule has 21 heavy (non-hydrogen) atoms. The molecule has 108 valence electrons. The molecule has 0 fully saturated rings. The Morgan fingerprint density at radius 2 is 2.29 bits per heavy atom. The summed E-state index contributed by atoms with van der Waals surface area (Å²) in [5.74, 6) is -0.0107. The first-order chi connectivity index (χ1) is 10.2. The van der Waals surface area contributed by atoms with E-state index in [2.05, 4.69) is 15.3 Å². The number of halogens is 1. The molecule has 5 nitrogen and oxygen atoms in total. The Balaban J connectivity index is 1.76. The minimum Gasteiger partial charge on any atom is -0.340 e. The first kappa shape index (κ1) is 14.0. The van der Waals surface area contributed by atoms with Crippen LogP contribution in [0.2, 0.25) is 5.02 Å². The first-order valence-corrected chi connectivity index (χ1v) is 7.05. The fraction of sp³-hybridized carbons (Fsp3) is 0.267. The van der Waals surface area contributed by atoms with Crippen LogP contribution in [-0.2, 0) is 17.9 Å². The van der Waals surface area contributed by atoms with Crippen LogP contribution in [0.1, 0.15) is 22.9 Å². The van der Waals surface area contributed by atoms with Gasteiger partial charge in [0.1, 0.15) is 12.4 Å². The number of carbonyl (C=O) groups excluding carboxylic acids is 1. The Labute approximate surface area is 128 Å². The highest BCUT2D eigenvalue weighted by molar-refractivity contribution is 6.31. The van der Waals surface area contributed by atoms with Crippen molar-refractivity contribution in [1.82, 2.24) is 20.2 Å². The number of nitrogens with one attached hydrogen (secondary N) is 1. The third kappa shape index (κ3) is 2.75. The van der Waals surface area contributed by atoms with E-state index < -0.39 is 0 Å². The lowest BCUT2D eigenvalue weighted by atomic mass is 10.1. The van der Waals surface area contributed by atoms with Crippen molar-refractivity contribution in [3.05, 3.63) is 58.6 Å². The van der Waals surface area contributed by atoms with Crippen LogP contribution in [0.5, 0.6) is 0 Å². The lowest BCUT2D eigenvalue weighted by Gasteiger charge is -2.22. The van der Waals surface area contributed by atoms with Gasteiger partial charge in [0, 0.05) is 36.9 Å². The zero-order valence-electron chi connectivity index (χ0n) is 11.6. The zero-order chi connectivity index (χ0) is 14.8. The lowest BCUT2D eigenvalue weighted by Crippen LogP contribution is -2.35. The predicted molar refractivity (Wildman–Crippen MR) is 79.5 cm³/mol. The summed E-state index contributed by atoms with van der Waals surface area (Å²) >= 11 is 6.14. The van der Waals surface area contributed by atoms with E-state index in [1.807, 2.05) is 24.3 Å². The summed E-state index contributed by atoms with van der Waals surface area (Å²) in [6.07, 6.45) is 3.20. The van der Waals surface area contributed by atoms with Gasteiger partial charge in [-0.3, -0.25) is 10.1 Å². The van der Waals surface area contributed by atoms with E-state index in [4.69, 9.17) is 11.6 Å². The van der Waals surface area contributed by atoms with E-state index in [1.165, 1.54) is 6.33 Å². The summed E-state index contributed by atoms with van der Waals surface area (Å²) in [5, 5.41) is 3.84. The zero-order valence-corrected chi connectivity index (χ0v) is 12.3. The van der Waals surface area contributed by atoms with E-state index in [-0.39, 0.29) is 11.9 Å². The summed E-state index contributed by atoms with van der Waals surface area (Å²) in [6.45, 7) is 1.06. The molecule has 0 bridgehead atoms.